The zero-order valence-corrected chi connectivity index (χ0v) is 19.3. The second kappa shape index (κ2) is 7.99. The normalized spacial score (nSPS) is 18.6. The van der Waals surface area contributed by atoms with Gasteiger partial charge in [0.1, 0.15) is 5.54 Å². The van der Waals surface area contributed by atoms with Gasteiger partial charge in [0, 0.05) is 43.8 Å². The molecule has 3 amide bonds. The molecule has 3 aromatic carbocycles. The van der Waals surface area contributed by atoms with Gasteiger partial charge in [-0.05, 0) is 46.9 Å². The molecule has 172 valence electrons. The van der Waals surface area contributed by atoms with Gasteiger partial charge in [0.25, 0.3) is 5.91 Å². The summed E-state index contributed by atoms with van der Waals surface area (Å²) in [6.07, 6.45) is 3.39. The van der Waals surface area contributed by atoms with Crippen LogP contribution in [0.4, 0.5) is 4.79 Å². The predicted molar refractivity (Wildman–Crippen MR) is 133 cm³/mol. The highest BCUT2D eigenvalue weighted by Gasteiger charge is 2.56. The molecule has 4 aromatic rings. The third kappa shape index (κ3) is 3.29. The Hall–Kier alpha value is -3.64. The summed E-state index contributed by atoms with van der Waals surface area (Å²) in [6, 6.07) is 22.4. The van der Waals surface area contributed by atoms with Crippen LogP contribution in [0.15, 0.2) is 72.9 Å². The maximum Gasteiger partial charge on any atom is 0.327 e. The Labute approximate surface area is 198 Å². The van der Waals surface area contributed by atoms with Crippen LogP contribution < -0.4 is 0 Å². The molecule has 6 heteroatoms. The van der Waals surface area contributed by atoms with Crippen molar-refractivity contribution in [3.05, 3.63) is 84.1 Å². The molecule has 6 nitrogen and oxygen atoms in total. The number of H-pyrrole nitrogens is 1. The number of para-hydroxylation sites is 1. The van der Waals surface area contributed by atoms with Crippen molar-refractivity contribution in [2.45, 2.75) is 31.5 Å². The van der Waals surface area contributed by atoms with E-state index in [4.69, 9.17) is 0 Å². The highest BCUT2D eigenvalue weighted by atomic mass is 16.2. The van der Waals surface area contributed by atoms with E-state index in [1.165, 1.54) is 15.8 Å². The van der Waals surface area contributed by atoms with E-state index in [0.29, 0.717) is 19.4 Å². The number of nitrogens with one attached hydrogen (secondary N) is 1. The van der Waals surface area contributed by atoms with Gasteiger partial charge in [-0.2, -0.15) is 0 Å². The monoisotopic (exact) mass is 452 g/mol. The number of aromatic amines is 1. The van der Waals surface area contributed by atoms with Gasteiger partial charge in [0.2, 0.25) is 0 Å². The summed E-state index contributed by atoms with van der Waals surface area (Å²) in [5, 5.41) is 3.52. The number of rotatable bonds is 4. The van der Waals surface area contributed by atoms with Gasteiger partial charge in [-0.15, -0.1) is 0 Å². The zero-order valence-electron chi connectivity index (χ0n) is 19.3. The number of fused-ring (bicyclic) bond motifs is 2. The number of benzene rings is 3. The van der Waals surface area contributed by atoms with E-state index >= 15 is 0 Å². The van der Waals surface area contributed by atoms with Crippen molar-refractivity contribution in [2.24, 2.45) is 0 Å². The van der Waals surface area contributed by atoms with Crippen molar-refractivity contribution >= 4 is 33.6 Å². The van der Waals surface area contributed by atoms with E-state index in [1.54, 1.807) is 11.9 Å². The van der Waals surface area contributed by atoms with Gasteiger partial charge >= 0.3 is 6.03 Å². The third-order valence-corrected chi connectivity index (χ3v) is 7.71. The molecule has 2 saturated heterocycles. The smallest absolute Gasteiger partial charge is 0.327 e. The molecule has 34 heavy (non-hydrogen) atoms. The fourth-order valence-electron chi connectivity index (χ4n) is 5.64. The van der Waals surface area contributed by atoms with Crippen molar-refractivity contribution < 1.29 is 9.59 Å². The van der Waals surface area contributed by atoms with E-state index in [-0.39, 0.29) is 11.9 Å². The molecule has 2 aliphatic heterocycles. The quantitative estimate of drug-likeness (QED) is 0.455. The highest BCUT2D eigenvalue weighted by Crippen LogP contribution is 2.37. The Bertz CT molecular complexity index is 1400. The van der Waals surface area contributed by atoms with Gasteiger partial charge in [-0.1, -0.05) is 54.6 Å². The second-order valence-corrected chi connectivity index (χ2v) is 9.58. The SMILES string of the molecule is CN1C(=O)N(Cc2ccc3ccccc3c2)C(=O)C12CCN(Cc1c[nH]c3ccccc13)CC2. The molecule has 0 aliphatic carbocycles. The molecule has 2 fully saturated rings. The number of likely N-dealkylation sites (tertiary alicyclic amines) is 1. The van der Waals surface area contributed by atoms with E-state index in [0.717, 1.165) is 41.5 Å². The number of nitrogens with zero attached hydrogens (tertiary/aromatic N) is 3. The van der Waals surface area contributed by atoms with Crippen LogP contribution in [-0.2, 0) is 17.9 Å². The van der Waals surface area contributed by atoms with Crippen molar-refractivity contribution in [3.8, 4) is 0 Å². The summed E-state index contributed by atoms with van der Waals surface area (Å²) >= 11 is 0. The van der Waals surface area contributed by atoms with Crippen molar-refractivity contribution in [1.29, 1.82) is 0 Å². The molecule has 1 spiro atoms. The van der Waals surface area contributed by atoms with E-state index < -0.39 is 5.54 Å². The number of aromatic nitrogens is 1. The number of likely N-dealkylation sites (N-methyl/N-ethyl adjacent to an activating group) is 1. The second-order valence-electron chi connectivity index (χ2n) is 9.58. The first-order valence-corrected chi connectivity index (χ1v) is 11.9. The Morgan fingerprint density at radius 3 is 2.44 bits per heavy atom. The van der Waals surface area contributed by atoms with Crippen LogP contribution in [0.25, 0.3) is 21.7 Å². The number of amides is 3. The number of carbonyl (C=O) groups excluding carboxylic acids is 2. The summed E-state index contributed by atoms with van der Waals surface area (Å²) < 4.78 is 0. The van der Waals surface area contributed by atoms with E-state index in [1.807, 2.05) is 24.3 Å². The molecule has 0 radical (unpaired) electrons. The molecule has 0 unspecified atom stereocenters. The van der Waals surface area contributed by atoms with Crippen LogP contribution >= 0.6 is 0 Å². The molecular formula is C28H28N4O2. The summed E-state index contributed by atoms with van der Waals surface area (Å²) in [7, 11) is 1.79. The lowest BCUT2D eigenvalue weighted by atomic mass is 9.86. The number of urea groups is 1. The molecule has 1 aromatic heterocycles. The molecule has 2 aliphatic rings. The van der Waals surface area contributed by atoms with Crippen LogP contribution in [-0.4, -0.2) is 57.3 Å². The summed E-state index contributed by atoms with van der Waals surface area (Å²) in [5.74, 6) is -0.0556. The number of hydrogen-bond acceptors (Lipinski definition) is 3. The first kappa shape index (κ1) is 20.9. The van der Waals surface area contributed by atoms with Crippen molar-refractivity contribution in [3.63, 3.8) is 0 Å². The topological polar surface area (TPSA) is 59.7 Å². The summed E-state index contributed by atoms with van der Waals surface area (Å²) in [5.41, 5.74) is 2.66. The third-order valence-electron chi connectivity index (χ3n) is 7.71. The van der Waals surface area contributed by atoms with Crippen LogP contribution in [0.1, 0.15) is 24.0 Å². The lowest BCUT2D eigenvalue weighted by molar-refractivity contribution is -0.135. The lowest BCUT2D eigenvalue weighted by Crippen LogP contribution is -2.55. The number of piperidine rings is 1. The van der Waals surface area contributed by atoms with E-state index in [2.05, 4.69) is 58.5 Å². The van der Waals surface area contributed by atoms with Crippen LogP contribution in [0.5, 0.6) is 0 Å². The predicted octanol–water partition coefficient (Wildman–Crippen LogP) is 4.75. The molecule has 1 N–H and O–H groups in total. The Balaban J connectivity index is 1.17. The molecule has 0 atom stereocenters. The highest BCUT2D eigenvalue weighted by molar-refractivity contribution is 6.07. The zero-order chi connectivity index (χ0) is 23.3. The van der Waals surface area contributed by atoms with E-state index in [9.17, 15) is 9.59 Å². The first-order valence-electron chi connectivity index (χ1n) is 11.9. The van der Waals surface area contributed by atoms with Gasteiger partial charge in [0.05, 0.1) is 6.54 Å². The fourth-order valence-corrected chi connectivity index (χ4v) is 5.64. The first-order chi connectivity index (χ1) is 16.5. The molecular weight excluding hydrogens is 424 g/mol. The maximum absolute atomic E-state index is 13.6. The summed E-state index contributed by atoms with van der Waals surface area (Å²) in [4.78, 5) is 35.6. The fraction of sp³-hybridized carbons (Fsp3) is 0.286. The minimum Gasteiger partial charge on any atom is -0.361 e. The van der Waals surface area contributed by atoms with Gasteiger partial charge in [-0.3, -0.25) is 14.6 Å². The Morgan fingerprint density at radius 1 is 0.882 bits per heavy atom. The number of hydrogen-bond donors (Lipinski definition) is 1. The average molecular weight is 453 g/mol. The standard InChI is InChI=1S/C28H28N4O2/c1-30-27(34)32(18-20-10-11-21-6-2-3-7-22(21)16-20)26(33)28(30)12-14-31(15-13-28)19-23-17-29-25-9-5-4-8-24(23)25/h2-11,16-17,29H,12-15,18-19H2,1H3. The van der Waals surface area contributed by atoms with Crippen LogP contribution in [0.3, 0.4) is 0 Å². The number of carbonyl (C=O) groups is 2. The van der Waals surface area contributed by atoms with Gasteiger partial charge in [0.15, 0.2) is 0 Å². The largest absolute Gasteiger partial charge is 0.361 e. The van der Waals surface area contributed by atoms with Crippen LogP contribution in [0, 0.1) is 0 Å². The summed E-state index contributed by atoms with van der Waals surface area (Å²) in [6.45, 7) is 2.72. The van der Waals surface area contributed by atoms with Gasteiger partial charge in [-0.25, -0.2) is 4.79 Å². The molecule has 6 rings (SSSR count). The van der Waals surface area contributed by atoms with Gasteiger partial charge < -0.3 is 9.88 Å². The average Bonchev–Trinajstić information content (AvgIpc) is 3.35. The van der Waals surface area contributed by atoms with Crippen LogP contribution in [0.2, 0.25) is 0 Å². The minimum atomic E-state index is -0.732. The Kier molecular flexibility index (Phi) is 4.92. The number of imide groups is 1. The maximum atomic E-state index is 13.6. The molecule has 3 heterocycles. The lowest BCUT2D eigenvalue weighted by Gasteiger charge is -2.40. The Morgan fingerprint density at radius 2 is 1.62 bits per heavy atom. The van der Waals surface area contributed by atoms with Crippen molar-refractivity contribution in [1.82, 2.24) is 19.7 Å². The molecule has 0 bridgehead atoms. The van der Waals surface area contributed by atoms with Crippen molar-refractivity contribution in [2.75, 3.05) is 20.1 Å². The minimum absolute atomic E-state index is 0.0556. The molecule has 0 saturated carbocycles.